The zero-order chi connectivity index (χ0) is 28.1. The van der Waals surface area contributed by atoms with E-state index in [1.54, 1.807) is 60.4 Å². The van der Waals surface area contributed by atoms with Crippen molar-refractivity contribution in [2.45, 2.75) is 6.92 Å². The number of amides is 2. The van der Waals surface area contributed by atoms with Crippen LogP contribution in [0.5, 0.6) is 11.5 Å². The van der Waals surface area contributed by atoms with Gasteiger partial charge in [-0.05, 0) is 30.5 Å². The predicted octanol–water partition coefficient (Wildman–Crippen LogP) is 3.61. The van der Waals surface area contributed by atoms with E-state index in [-0.39, 0.29) is 28.4 Å². The molecule has 2 N–H and O–H groups in total. The average Bonchev–Trinajstić information content (AvgIpc) is 3.56. The highest BCUT2D eigenvalue weighted by molar-refractivity contribution is 7.12. The zero-order valence-corrected chi connectivity index (χ0v) is 22.5. The summed E-state index contributed by atoms with van der Waals surface area (Å²) in [5.74, 6) is -1.52. The van der Waals surface area contributed by atoms with Crippen molar-refractivity contribution in [3.05, 3.63) is 86.5 Å². The first kappa shape index (κ1) is 27.2. The van der Waals surface area contributed by atoms with Crippen LogP contribution in [-0.4, -0.2) is 48.0 Å². The Morgan fingerprint density at radius 1 is 0.949 bits per heavy atom. The Hall–Kier alpha value is -4.84. The van der Waals surface area contributed by atoms with Crippen LogP contribution in [-0.2, 0) is 16.6 Å². The number of para-hydroxylation sites is 1. The largest absolute Gasteiger partial charge is 0.493 e. The number of rotatable bonds is 9. The maximum absolute atomic E-state index is 13.0. The Labute approximate surface area is 227 Å². The predicted molar refractivity (Wildman–Crippen MR) is 146 cm³/mol. The second-order valence-electron chi connectivity index (χ2n) is 8.25. The fourth-order valence-electron chi connectivity index (χ4n) is 3.84. The summed E-state index contributed by atoms with van der Waals surface area (Å²) >= 11 is 1.23. The van der Waals surface area contributed by atoms with Crippen LogP contribution in [0.2, 0.25) is 0 Å². The third kappa shape index (κ3) is 5.70. The van der Waals surface area contributed by atoms with Gasteiger partial charge < -0.3 is 24.8 Å². The summed E-state index contributed by atoms with van der Waals surface area (Å²) in [5.41, 5.74) is 0.846. The van der Waals surface area contributed by atoms with E-state index in [2.05, 4.69) is 10.6 Å². The number of esters is 1. The van der Waals surface area contributed by atoms with E-state index in [1.807, 2.05) is 6.07 Å². The molecular formula is C27H26N4O7S. The van der Waals surface area contributed by atoms with Crippen LogP contribution < -0.4 is 25.7 Å². The second kappa shape index (κ2) is 11.7. The zero-order valence-electron chi connectivity index (χ0n) is 21.6. The van der Waals surface area contributed by atoms with Crippen molar-refractivity contribution in [3.8, 4) is 17.2 Å². The Morgan fingerprint density at radius 3 is 2.28 bits per heavy atom. The third-order valence-electron chi connectivity index (χ3n) is 5.89. The van der Waals surface area contributed by atoms with Gasteiger partial charge in [-0.15, -0.1) is 11.3 Å². The SMILES string of the molecule is COc1cc(NC(=O)c2cccs2)c(C(=O)OCC(=O)Nc2c(C)n(C)n(-c3ccccc3)c2=O)cc1OC. The molecule has 0 saturated carbocycles. The maximum atomic E-state index is 13.0. The standard InChI is InChI=1S/C27H26N4O7S/c1-16-24(26(34)31(30(16)2)17-9-6-5-7-10-17)29-23(32)15-38-27(35)18-13-20(36-3)21(37-4)14-19(18)28-25(33)22-11-8-12-39-22/h5-14H,15H2,1-4H3,(H,28,33)(H,29,32). The molecule has 0 bridgehead atoms. The van der Waals surface area contributed by atoms with Crippen LogP contribution in [0.3, 0.4) is 0 Å². The fraction of sp³-hybridized carbons (Fsp3) is 0.185. The highest BCUT2D eigenvalue weighted by atomic mass is 32.1. The molecule has 0 aliphatic heterocycles. The number of ether oxygens (including phenoxy) is 3. The number of aromatic nitrogens is 2. The van der Waals surface area contributed by atoms with E-state index in [9.17, 15) is 19.2 Å². The number of hydrogen-bond acceptors (Lipinski definition) is 8. The summed E-state index contributed by atoms with van der Waals surface area (Å²) < 4.78 is 18.8. The van der Waals surface area contributed by atoms with Crippen molar-refractivity contribution in [2.75, 3.05) is 31.5 Å². The number of nitrogens with one attached hydrogen (secondary N) is 2. The summed E-state index contributed by atoms with van der Waals surface area (Å²) in [6, 6.07) is 15.1. The molecule has 0 saturated heterocycles. The topological polar surface area (TPSA) is 130 Å². The molecule has 2 aromatic heterocycles. The maximum Gasteiger partial charge on any atom is 0.340 e. The number of benzene rings is 2. The van der Waals surface area contributed by atoms with Crippen LogP contribution in [0.4, 0.5) is 11.4 Å². The highest BCUT2D eigenvalue weighted by Crippen LogP contribution is 2.34. The third-order valence-corrected chi connectivity index (χ3v) is 6.76. The number of carbonyl (C=O) groups excluding carboxylic acids is 3. The lowest BCUT2D eigenvalue weighted by atomic mass is 10.1. The lowest BCUT2D eigenvalue weighted by molar-refractivity contribution is -0.119. The minimum atomic E-state index is -0.890. The molecule has 2 aromatic carbocycles. The molecule has 0 fully saturated rings. The second-order valence-corrected chi connectivity index (χ2v) is 9.19. The van der Waals surface area contributed by atoms with Crippen LogP contribution in [0, 0.1) is 6.92 Å². The Kier molecular flexibility index (Phi) is 8.15. The Balaban J connectivity index is 1.52. The summed E-state index contributed by atoms with van der Waals surface area (Å²) in [6.07, 6.45) is 0. The van der Waals surface area contributed by atoms with E-state index in [4.69, 9.17) is 14.2 Å². The minimum absolute atomic E-state index is 0.0484. The van der Waals surface area contributed by atoms with Crippen molar-refractivity contribution in [1.29, 1.82) is 0 Å². The molecule has 0 spiro atoms. The number of anilines is 2. The first-order valence-corrected chi connectivity index (χ1v) is 12.5. The van der Waals surface area contributed by atoms with Gasteiger partial charge in [-0.2, -0.15) is 0 Å². The molecular weight excluding hydrogens is 524 g/mol. The summed E-state index contributed by atoms with van der Waals surface area (Å²) in [6.45, 7) is 1.01. The lowest BCUT2D eigenvalue weighted by Crippen LogP contribution is -2.26. The quantitative estimate of drug-likeness (QED) is 0.305. The van der Waals surface area contributed by atoms with Crippen LogP contribution >= 0.6 is 11.3 Å². The minimum Gasteiger partial charge on any atom is -0.493 e. The normalized spacial score (nSPS) is 10.6. The Bertz CT molecular complexity index is 1570. The first-order chi connectivity index (χ1) is 18.7. The van der Waals surface area contributed by atoms with Gasteiger partial charge in [0.15, 0.2) is 18.1 Å². The molecule has 0 radical (unpaired) electrons. The molecule has 0 unspecified atom stereocenters. The smallest absolute Gasteiger partial charge is 0.340 e. The fourth-order valence-corrected chi connectivity index (χ4v) is 4.46. The number of thiophene rings is 1. The van der Waals surface area contributed by atoms with Gasteiger partial charge in [0.2, 0.25) is 0 Å². The van der Waals surface area contributed by atoms with Crippen molar-refractivity contribution in [3.63, 3.8) is 0 Å². The van der Waals surface area contributed by atoms with E-state index in [1.165, 1.54) is 42.4 Å². The molecule has 11 nitrogen and oxygen atoms in total. The van der Waals surface area contributed by atoms with Gasteiger partial charge in [-0.1, -0.05) is 24.3 Å². The van der Waals surface area contributed by atoms with Crippen LogP contribution in [0.15, 0.2) is 64.8 Å². The molecule has 12 heteroatoms. The summed E-state index contributed by atoms with van der Waals surface area (Å²) in [5, 5.41) is 6.96. The van der Waals surface area contributed by atoms with Crippen LogP contribution in [0.25, 0.3) is 5.69 Å². The summed E-state index contributed by atoms with van der Waals surface area (Å²) in [4.78, 5) is 51.8. The lowest BCUT2D eigenvalue weighted by Gasteiger charge is -2.15. The molecule has 0 aliphatic carbocycles. The van der Waals surface area contributed by atoms with Crippen molar-refractivity contribution >= 4 is 40.5 Å². The molecule has 39 heavy (non-hydrogen) atoms. The molecule has 2 amide bonds. The van der Waals surface area contributed by atoms with Crippen molar-refractivity contribution in [1.82, 2.24) is 9.36 Å². The van der Waals surface area contributed by atoms with E-state index in [0.717, 1.165) is 0 Å². The monoisotopic (exact) mass is 550 g/mol. The molecule has 4 aromatic rings. The molecule has 0 atom stereocenters. The number of nitrogens with zero attached hydrogens (tertiary/aromatic N) is 2. The van der Waals surface area contributed by atoms with E-state index < -0.39 is 29.9 Å². The number of methoxy groups -OCH3 is 2. The van der Waals surface area contributed by atoms with Gasteiger partial charge in [0.1, 0.15) is 5.69 Å². The van der Waals surface area contributed by atoms with Crippen LogP contribution in [0.1, 0.15) is 25.7 Å². The van der Waals surface area contributed by atoms with E-state index in [0.29, 0.717) is 16.3 Å². The summed E-state index contributed by atoms with van der Waals surface area (Å²) in [7, 11) is 4.51. The van der Waals surface area contributed by atoms with Gasteiger partial charge in [-0.25, -0.2) is 9.48 Å². The first-order valence-electron chi connectivity index (χ1n) is 11.7. The van der Waals surface area contributed by atoms with Gasteiger partial charge in [-0.3, -0.25) is 19.1 Å². The van der Waals surface area contributed by atoms with Crippen molar-refractivity contribution < 1.29 is 28.6 Å². The molecule has 202 valence electrons. The molecule has 4 rings (SSSR count). The Morgan fingerprint density at radius 2 is 1.64 bits per heavy atom. The van der Waals surface area contributed by atoms with E-state index >= 15 is 0 Å². The van der Waals surface area contributed by atoms with Crippen molar-refractivity contribution in [2.24, 2.45) is 7.05 Å². The number of carbonyl (C=O) groups is 3. The molecule has 0 aliphatic rings. The van der Waals surface area contributed by atoms with Gasteiger partial charge in [0.05, 0.1) is 41.7 Å². The molecule has 2 heterocycles. The van der Waals surface area contributed by atoms with Gasteiger partial charge in [0, 0.05) is 19.2 Å². The average molecular weight is 551 g/mol. The number of hydrogen-bond donors (Lipinski definition) is 2. The van der Waals surface area contributed by atoms with Gasteiger partial charge >= 0.3 is 5.97 Å². The van der Waals surface area contributed by atoms with Gasteiger partial charge in [0.25, 0.3) is 17.4 Å². The highest BCUT2D eigenvalue weighted by Gasteiger charge is 2.23.